The van der Waals surface area contributed by atoms with E-state index in [4.69, 9.17) is 0 Å². The number of nitrogens with zero attached hydrogens (tertiary/aromatic N) is 2. The Labute approximate surface area is 124 Å². The molecule has 0 fully saturated rings. The van der Waals surface area contributed by atoms with Crippen molar-refractivity contribution in [3.63, 3.8) is 0 Å². The van der Waals surface area contributed by atoms with E-state index in [1.807, 2.05) is 0 Å². The van der Waals surface area contributed by atoms with Gasteiger partial charge in [0.05, 0.1) is 11.3 Å². The predicted molar refractivity (Wildman–Crippen MR) is 80.6 cm³/mol. The SMILES string of the molecule is CNc1ncc(Br)cc1C(=O)N(C)c1ccccc1F. The molecule has 2 aromatic rings. The van der Waals surface area contributed by atoms with E-state index in [2.05, 4.69) is 26.2 Å². The number of hydrogen-bond acceptors (Lipinski definition) is 3. The Kier molecular flexibility index (Phi) is 4.34. The van der Waals surface area contributed by atoms with Crippen LogP contribution in [0.2, 0.25) is 0 Å². The fourth-order valence-corrected chi connectivity index (χ4v) is 2.15. The van der Waals surface area contributed by atoms with E-state index in [1.54, 1.807) is 37.5 Å². The highest BCUT2D eigenvalue weighted by Crippen LogP contribution is 2.23. The maximum absolute atomic E-state index is 13.7. The van der Waals surface area contributed by atoms with Crippen LogP contribution in [0.1, 0.15) is 10.4 Å². The third-order valence-corrected chi connectivity index (χ3v) is 3.27. The highest BCUT2D eigenvalue weighted by Gasteiger charge is 2.20. The lowest BCUT2D eigenvalue weighted by molar-refractivity contribution is 0.0992. The minimum atomic E-state index is -0.447. The molecule has 0 saturated heterocycles. The molecule has 20 heavy (non-hydrogen) atoms. The van der Waals surface area contributed by atoms with Gasteiger partial charge >= 0.3 is 0 Å². The topological polar surface area (TPSA) is 45.2 Å². The molecular formula is C14H13BrFN3O. The first-order chi connectivity index (χ1) is 9.54. The van der Waals surface area contributed by atoms with Crippen LogP contribution in [0.4, 0.5) is 15.9 Å². The van der Waals surface area contributed by atoms with Crippen molar-refractivity contribution in [3.05, 3.63) is 52.4 Å². The lowest BCUT2D eigenvalue weighted by Crippen LogP contribution is -2.28. The molecule has 0 radical (unpaired) electrons. The zero-order chi connectivity index (χ0) is 14.7. The van der Waals surface area contributed by atoms with Crippen LogP contribution in [0, 0.1) is 5.82 Å². The molecule has 4 nitrogen and oxygen atoms in total. The van der Waals surface area contributed by atoms with E-state index < -0.39 is 5.82 Å². The van der Waals surface area contributed by atoms with Gasteiger partial charge in [-0.3, -0.25) is 4.79 Å². The smallest absolute Gasteiger partial charge is 0.261 e. The standard InChI is InChI=1S/C14H13BrFN3O/c1-17-13-10(7-9(15)8-18-13)14(20)19(2)12-6-4-3-5-11(12)16/h3-8H,1-2H3,(H,17,18). The quantitative estimate of drug-likeness (QED) is 0.934. The van der Waals surface area contributed by atoms with E-state index in [1.165, 1.54) is 18.0 Å². The van der Waals surface area contributed by atoms with Crippen LogP contribution in [-0.2, 0) is 0 Å². The van der Waals surface area contributed by atoms with E-state index in [0.717, 1.165) is 0 Å². The van der Waals surface area contributed by atoms with Gasteiger partial charge in [-0.25, -0.2) is 9.37 Å². The minimum absolute atomic E-state index is 0.222. The van der Waals surface area contributed by atoms with Gasteiger partial charge in [-0.05, 0) is 34.1 Å². The first-order valence-electron chi connectivity index (χ1n) is 5.90. The van der Waals surface area contributed by atoms with E-state index in [-0.39, 0.29) is 11.6 Å². The normalized spacial score (nSPS) is 10.2. The van der Waals surface area contributed by atoms with Gasteiger partial charge in [0, 0.05) is 24.8 Å². The maximum Gasteiger partial charge on any atom is 0.261 e. The van der Waals surface area contributed by atoms with Crippen LogP contribution in [0.15, 0.2) is 41.0 Å². The number of carbonyl (C=O) groups excluding carboxylic acids is 1. The van der Waals surface area contributed by atoms with Crippen LogP contribution in [0.5, 0.6) is 0 Å². The van der Waals surface area contributed by atoms with Crippen molar-refractivity contribution in [2.75, 3.05) is 24.3 Å². The summed E-state index contributed by atoms with van der Waals surface area (Å²) in [6.07, 6.45) is 1.59. The number of nitrogens with one attached hydrogen (secondary N) is 1. The number of benzene rings is 1. The summed E-state index contributed by atoms with van der Waals surface area (Å²) in [6.45, 7) is 0. The summed E-state index contributed by atoms with van der Waals surface area (Å²) in [7, 11) is 3.21. The van der Waals surface area contributed by atoms with Gasteiger partial charge < -0.3 is 10.2 Å². The van der Waals surface area contributed by atoms with Crippen molar-refractivity contribution in [2.24, 2.45) is 0 Å². The monoisotopic (exact) mass is 337 g/mol. The number of amides is 1. The van der Waals surface area contributed by atoms with E-state index in [0.29, 0.717) is 15.9 Å². The zero-order valence-electron chi connectivity index (χ0n) is 11.0. The Hall–Kier alpha value is -1.95. The van der Waals surface area contributed by atoms with Gasteiger partial charge in [0.15, 0.2) is 0 Å². The minimum Gasteiger partial charge on any atom is -0.372 e. The van der Waals surface area contributed by atoms with E-state index in [9.17, 15) is 9.18 Å². The van der Waals surface area contributed by atoms with Crippen molar-refractivity contribution in [1.29, 1.82) is 0 Å². The number of rotatable bonds is 3. The molecule has 1 aromatic heterocycles. The Morgan fingerprint density at radius 2 is 2.10 bits per heavy atom. The average Bonchev–Trinajstić information content (AvgIpc) is 2.46. The molecule has 0 atom stereocenters. The van der Waals surface area contributed by atoms with Crippen molar-refractivity contribution < 1.29 is 9.18 Å². The Balaban J connectivity index is 2.41. The summed E-state index contributed by atoms with van der Waals surface area (Å²) in [4.78, 5) is 17.9. The molecule has 1 aromatic carbocycles. The third kappa shape index (κ3) is 2.80. The molecule has 0 aliphatic carbocycles. The molecule has 2 rings (SSSR count). The second-order valence-corrected chi connectivity index (χ2v) is 5.03. The summed E-state index contributed by atoms with van der Waals surface area (Å²) < 4.78 is 14.4. The van der Waals surface area contributed by atoms with Crippen LogP contribution in [0.25, 0.3) is 0 Å². The molecule has 6 heteroatoms. The maximum atomic E-state index is 13.7. The van der Waals surface area contributed by atoms with Crippen molar-refractivity contribution in [2.45, 2.75) is 0 Å². The molecule has 0 aliphatic rings. The van der Waals surface area contributed by atoms with Crippen molar-refractivity contribution in [1.82, 2.24) is 4.98 Å². The first kappa shape index (κ1) is 14.5. The number of aromatic nitrogens is 1. The first-order valence-corrected chi connectivity index (χ1v) is 6.69. The fraction of sp³-hybridized carbons (Fsp3) is 0.143. The van der Waals surface area contributed by atoms with Crippen LogP contribution in [-0.4, -0.2) is 25.0 Å². The number of pyridine rings is 1. The van der Waals surface area contributed by atoms with Crippen molar-refractivity contribution >= 4 is 33.3 Å². The lowest BCUT2D eigenvalue weighted by atomic mass is 10.2. The summed E-state index contributed by atoms with van der Waals surface area (Å²) in [5, 5.41) is 2.85. The van der Waals surface area contributed by atoms with Gasteiger partial charge in [-0.15, -0.1) is 0 Å². The fourth-order valence-electron chi connectivity index (χ4n) is 1.82. The molecule has 1 heterocycles. The zero-order valence-corrected chi connectivity index (χ0v) is 12.6. The number of anilines is 2. The highest BCUT2D eigenvalue weighted by molar-refractivity contribution is 9.10. The molecule has 0 bridgehead atoms. The molecule has 104 valence electrons. The summed E-state index contributed by atoms with van der Waals surface area (Å²) in [5.74, 6) is -0.341. The molecule has 0 spiro atoms. The van der Waals surface area contributed by atoms with Gasteiger partial charge in [-0.1, -0.05) is 12.1 Å². The summed E-state index contributed by atoms with van der Waals surface area (Å²) >= 11 is 3.28. The summed E-state index contributed by atoms with van der Waals surface area (Å²) in [6, 6.07) is 7.78. The molecular weight excluding hydrogens is 325 g/mol. The molecule has 0 unspecified atom stereocenters. The molecule has 0 aliphatic heterocycles. The average molecular weight is 338 g/mol. The van der Waals surface area contributed by atoms with Crippen LogP contribution >= 0.6 is 15.9 Å². The van der Waals surface area contributed by atoms with Gasteiger partial charge in [0.2, 0.25) is 0 Å². The predicted octanol–water partition coefficient (Wildman–Crippen LogP) is 3.30. The van der Waals surface area contributed by atoms with Gasteiger partial charge in [0.25, 0.3) is 5.91 Å². The summed E-state index contributed by atoms with van der Waals surface area (Å²) in [5.41, 5.74) is 0.590. The Morgan fingerprint density at radius 1 is 1.40 bits per heavy atom. The van der Waals surface area contributed by atoms with Gasteiger partial charge in [-0.2, -0.15) is 0 Å². The van der Waals surface area contributed by atoms with Gasteiger partial charge in [0.1, 0.15) is 11.6 Å². The second-order valence-electron chi connectivity index (χ2n) is 4.12. The van der Waals surface area contributed by atoms with E-state index >= 15 is 0 Å². The second kappa shape index (κ2) is 6.00. The number of hydrogen-bond donors (Lipinski definition) is 1. The third-order valence-electron chi connectivity index (χ3n) is 2.84. The van der Waals surface area contributed by atoms with Crippen molar-refractivity contribution in [3.8, 4) is 0 Å². The largest absolute Gasteiger partial charge is 0.372 e. The van der Waals surface area contributed by atoms with Crippen LogP contribution in [0.3, 0.4) is 0 Å². The number of carbonyl (C=O) groups is 1. The number of para-hydroxylation sites is 1. The lowest BCUT2D eigenvalue weighted by Gasteiger charge is -2.19. The number of halogens is 2. The molecule has 1 N–H and O–H groups in total. The van der Waals surface area contributed by atoms with Crippen LogP contribution < -0.4 is 10.2 Å². The Bertz CT molecular complexity index is 648. The highest BCUT2D eigenvalue weighted by atomic mass is 79.9. The molecule has 0 saturated carbocycles. The Morgan fingerprint density at radius 3 is 2.75 bits per heavy atom. The molecule has 1 amide bonds.